The molecule has 0 amide bonds. The molecule has 0 saturated heterocycles. The van der Waals surface area contributed by atoms with Crippen molar-refractivity contribution in [3.63, 3.8) is 0 Å². The summed E-state index contributed by atoms with van der Waals surface area (Å²) in [5.41, 5.74) is 12.7. The van der Waals surface area contributed by atoms with E-state index in [0.717, 1.165) is 10.5 Å². The van der Waals surface area contributed by atoms with E-state index in [1.807, 2.05) is 30.3 Å². The van der Waals surface area contributed by atoms with Gasteiger partial charge < -0.3 is 30.8 Å². The molecule has 2 aromatic carbocycles. The van der Waals surface area contributed by atoms with Crippen LogP contribution in [0.15, 0.2) is 53.5 Å². The topological polar surface area (TPSA) is 139 Å². The van der Waals surface area contributed by atoms with Gasteiger partial charge in [-0.05, 0) is 30.7 Å². The maximum atomic E-state index is 11.4. The van der Waals surface area contributed by atoms with Gasteiger partial charge in [-0.2, -0.15) is 5.26 Å². The van der Waals surface area contributed by atoms with Gasteiger partial charge in [0.1, 0.15) is 17.9 Å². The van der Waals surface area contributed by atoms with Gasteiger partial charge in [-0.25, -0.2) is 9.89 Å². The molecule has 0 aromatic heterocycles. The molecule has 0 spiro atoms. The van der Waals surface area contributed by atoms with Gasteiger partial charge in [0.25, 0.3) is 0 Å². The third-order valence-electron chi connectivity index (χ3n) is 5.36. The summed E-state index contributed by atoms with van der Waals surface area (Å²) in [7, 11) is 2.89. The third-order valence-corrected chi connectivity index (χ3v) is 5.36. The summed E-state index contributed by atoms with van der Waals surface area (Å²) >= 11 is 0. The molecule has 9 heteroatoms. The smallest absolute Gasteiger partial charge is 0.205 e. The molecule has 0 saturated carbocycles. The maximum absolute atomic E-state index is 11.4. The molecule has 1 aliphatic heterocycles. The number of nitriles is 1. The predicted molar refractivity (Wildman–Crippen MR) is 116 cm³/mol. The molecular weight excluding hydrogens is 398 g/mol. The molecule has 3 atom stereocenters. The second-order valence-electron chi connectivity index (χ2n) is 7.41. The van der Waals surface area contributed by atoms with Crippen LogP contribution in [0, 0.1) is 11.5 Å². The number of aliphatic imine (C=N–C) groups is 1. The van der Waals surface area contributed by atoms with Crippen LogP contribution in [0.4, 0.5) is 5.69 Å². The molecular formula is C22H27N5O4. The number of nitrogens with zero attached hydrogens (tertiary/aromatic N) is 3. The van der Waals surface area contributed by atoms with Crippen LogP contribution in [0.2, 0.25) is 0 Å². The Kier molecular flexibility index (Phi) is 6.65. The lowest BCUT2D eigenvalue weighted by atomic mass is 9.83. The zero-order chi connectivity index (χ0) is 22.6. The SMILES string of the molecule is COC(OC)C1(C)Oc2ccc(N)cc2C(N(C#N)C(N)=NCc2ccccc2)C1O. The number of hydrogen-bond donors (Lipinski definition) is 3. The Labute approximate surface area is 181 Å². The van der Waals surface area contributed by atoms with Crippen molar-refractivity contribution in [2.24, 2.45) is 10.7 Å². The summed E-state index contributed by atoms with van der Waals surface area (Å²) in [4.78, 5) is 5.52. The molecule has 0 radical (unpaired) electrons. The number of nitrogens with two attached hydrogens (primary N) is 2. The number of fused-ring (bicyclic) bond motifs is 1. The van der Waals surface area contributed by atoms with Gasteiger partial charge in [-0.3, -0.25) is 0 Å². The number of anilines is 1. The van der Waals surface area contributed by atoms with Crippen molar-refractivity contribution in [1.82, 2.24) is 4.90 Å². The van der Waals surface area contributed by atoms with Crippen LogP contribution in [0.5, 0.6) is 5.75 Å². The van der Waals surface area contributed by atoms with Gasteiger partial charge in [0.15, 0.2) is 18.1 Å². The van der Waals surface area contributed by atoms with Gasteiger partial charge in [-0.15, -0.1) is 0 Å². The molecule has 5 N–H and O–H groups in total. The van der Waals surface area contributed by atoms with Gasteiger partial charge in [0.2, 0.25) is 5.96 Å². The highest BCUT2D eigenvalue weighted by Crippen LogP contribution is 2.45. The fourth-order valence-corrected chi connectivity index (χ4v) is 3.79. The average molecular weight is 425 g/mol. The van der Waals surface area contributed by atoms with E-state index in [1.165, 1.54) is 14.2 Å². The van der Waals surface area contributed by atoms with Gasteiger partial charge in [0.05, 0.1) is 6.54 Å². The van der Waals surface area contributed by atoms with Crippen LogP contribution in [-0.2, 0) is 16.0 Å². The summed E-state index contributed by atoms with van der Waals surface area (Å²) in [5.74, 6) is 0.390. The number of nitrogen functional groups attached to an aromatic ring is 1. The predicted octanol–water partition coefficient (Wildman–Crippen LogP) is 1.74. The van der Waals surface area contributed by atoms with Crippen LogP contribution in [0.1, 0.15) is 24.1 Å². The molecule has 31 heavy (non-hydrogen) atoms. The van der Waals surface area contributed by atoms with E-state index in [4.69, 9.17) is 25.7 Å². The minimum absolute atomic E-state index is 0.0422. The Morgan fingerprint density at radius 2 is 1.97 bits per heavy atom. The highest BCUT2D eigenvalue weighted by molar-refractivity contribution is 5.80. The number of methoxy groups -OCH3 is 2. The Morgan fingerprint density at radius 3 is 2.58 bits per heavy atom. The fraction of sp³-hybridized carbons (Fsp3) is 0.364. The van der Waals surface area contributed by atoms with Crippen molar-refractivity contribution in [3.05, 3.63) is 59.7 Å². The van der Waals surface area contributed by atoms with E-state index in [2.05, 4.69) is 11.2 Å². The number of guanidine groups is 1. The summed E-state index contributed by atoms with van der Waals surface area (Å²) < 4.78 is 16.9. The lowest BCUT2D eigenvalue weighted by Crippen LogP contribution is -2.62. The summed E-state index contributed by atoms with van der Waals surface area (Å²) in [6, 6.07) is 13.6. The molecule has 0 bridgehead atoms. The second-order valence-corrected chi connectivity index (χ2v) is 7.41. The van der Waals surface area contributed by atoms with Crippen molar-refractivity contribution in [1.29, 1.82) is 5.26 Å². The van der Waals surface area contributed by atoms with Crippen LogP contribution < -0.4 is 16.2 Å². The van der Waals surface area contributed by atoms with Crippen LogP contribution in [0.25, 0.3) is 0 Å². The van der Waals surface area contributed by atoms with E-state index in [0.29, 0.717) is 17.0 Å². The normalized spacial score (nSPS) is 23.0. The van der Waals surface area contributed by atoms with Gasteiger partial charge in [0, 0.05) is 25.5 Å². The summed E-state index contributed by atoms with van der Waals surface area (Å²) in [6.45, 7) is 1.93. The number of hydrogen-bond acceptors (Lipinski definition) is 7. The first-order valence-electron chi connectivity index (χ1n) is 9.70. The quantitative estimate of drug-likeness (QED) is 0.159. The lowest BCUT2D eigenvalue weighted by molar-refractivity contribution is -0.241. The number of ether oxygens (including phenoxy) is 3. The third kappa shape index (κ3) is 4.27. The Hall–Kier alpha value is -3.32. The zero-order valence-electron chi connectivity index (χ0n) is 17.7. The minimum atomic E-state index is -1.34. The van der Waals surface area contributed by atoms with E-state index in [1.54, 1.807) is 25.1 Å². The van der Waals surface area contributed by atoms with Crippen molar-refractivity contribution in [2.45, 2.75) is 37.5 Å². The second kappa shape index (κ2) is 9.22. The number of rotatable bonds is 6. The van der Waals surface area contributed by atoms with E-state index < -0.39 is 24.0 Å². The molecule has 0 fully saturated rings. The zero-order valence-corrected chi connectivity index (χ0v) is 17.7. The molecule has 164 valence electrons. The van der Waals surface area contributed by atoms with E-state index in [-0.39, 0.29) is 12.5 Å². The Morgan fingerprint density at radius 1 is 1.29 bits per heavy atom. The van der Waals surface area contributed by atoms with Gasteiger partial charge >= 0.3 is 0 Å². The highest BCUT2D eigenvalue weighted by atomic mass is 16.7. The first kappa shape index (κ1) is 22.4. The lowest BCUT2D eigenvalue weighted by Gasteiger charge is -2.48. The summed E-state index contributed by atoms with van der Waals surface area (Å²) in [5, 5.41) is 21.3. The van der Waals surface area contributed by atoms with Crippen molar-refractivity contribution < 1.29 is 19.3 Å². The van der Waals surface area contributed by atoms with E-state index in [9.17, 15) is 10.4 Å². The largest absolute Gasteiger partial charge is 0.479 e. The highest BCUT2D eigenvalue weighted by Gasteiger charge is 2.54. The van der Waals surface area contributed by atoms with Gasteiger partial charge in [-0.1, -0.05) is 30.3 Å². The molecule has 9 nitrogen and oxygen atoms in total. The average Bonchev–Trinajstić information content (AvgIpc) is 2.77. The molecule has 0 aliphatic carbocycles. The summed E-state index contributed by atoms with van der Waals surface area (Å²) in [6.07, 6.45) is -0.134. The number of aliphatic hydroxyl groups excluding tert-OH is 1. The first-order valence-corrected chi connectivity index (χ1v) is 9.70. The van der Waals surface area contributed by atoms with Crippen LogP contribution in [-0.4, -0.2) is 48.2 Å². The van der Waals surface area contributed by atoms with Crippen LogP contribution in [0.3, 0.4) is 0 Å². The van der Waals surface area contributed by atoms with Crippen molar-refractivity contribution in [3.8, 4) is 11.9 Å². The molecule has 1 aliphatic rings. The Balaban J connectivity index is 2.04. The maximum Gasteiger partial charge on any atom is 0.205 e. The van der Waals surface area contributed by atoms with Crippen molar-refractivity contribution >= 4 is 11.6 Å². The number of aliphatic hydroxyl groups is 1. The van der Waals surface area contributed by atoms with E-state index >= 15 is 0 Å². The minimum Gasteiger partial charge on any atom is -0.479 e. The number of benzene rings is 2. The molecule has 3 unspecified atom stereocenters. The van der Waals surface area contributed by atoms with Crippen LogP contribution >= 0.6 is 0 Å². The molecule has 1 heterocycles. The Bertz CT molecular complexity index is 974. The monoisotopic (exact) mass is 425 g/mol. The molecule has 2 aromatic rings. The molecule has 3 rings (SSSR count). The standard InChI is InChI=1S/C22H27N5O4/c1-22(20(29-2)30-3)19(28)18(16-11-15(24)9-10-17(16)31-22)27(13-23)21(25)26-12-14-7-5-4-6-8-14/h4-11,18-20,28H,12,24H2,1-3H3,(H2,25,26). The van der Waals surface area contributed by atoms with Crippen molar-refractivity contribution in [2.75, 3.05) is 20.0 Å². The fourth-order valence-electron chi connectivity index (χ4n) is 3.79. The first-order chi connectivity index (χ1) is 14.8.